The van der Waals surface area contributed by atoms with E-state index in [2.05, 4.69) is 18.7 Å². The molecule has 1 aliphatic heterocycles. The average molecular weight is 297 g/mol. The van der Waals surface area contributed by atoms with Crippen LogP contribution in [0.25, 0.3) is 0 Å². The summed E-state index contributed by atoms with van der Waals surface area (Å²) in [4.78, 5) is 14.2. The quantitative estimate of drug-likeness (QED) is 0.731. The Labute approximate surface area is 129 Å². The minimum Gasteiger partial charge on any atom is -0.465 e. The lowest BCUT2D eigenvalue weighted by Crippen LogP contribution is -2.52. The molecule has 1 spiro atoms. The third-order valence-electron chi connectivity index (χ3n) is 4.98. The summed E-state index contributed by atoms with van der Waals surface area (Å²) in [5.41, 5.74) is 0.0863. The minimum atomic E-state index is -0.101. The van der Waals surface area contributed by atoms with Gasteiger partial charge in [0.2, 0.25) is 0 Å². The van der Waals surface area contributed by atoms with E-state index >= 15 is 0 Å². The SMILES string of the molecule is CCOC(=O)CN(C(C)C)C1CCOC2(CCCCC2)C1. The smallest absolute Gasteiger partial charge is 0.320 e. The summed E-state index contributed by atoms with van der Waals surface area (Å²) >= 11 is 0. The van der Waals surface area contributed by atoms with E-state index < -0.39 is 0 Å². The predicted octanol–water partition coefficient (Wildman–Crippen LogP) is 3.14. The van der Waals surface area contributed by atoms with Gasteiger partial charge in [-0.1, -0.05) is 19.3 Å². The van der Waals surface area contributed by atoms with Crippen molar-refractivity contribution in [1.29, 1.82) is 0 Å². The van der Waals surface area contributed by atoms with Gasteiger partial charge in [0.1, 0.15) is 0 Å². The van der Waals surface area contributed by atoms with Crippen LogP contribution in [0.3, 0.4) is 0 Å². The van der Waals surface area contributed by atoms with E-state index in [-0.39, 0.29) is 11.6 Å². The third kappa shape index (κ3) is 4.43. The van der Waals surface area contributed by atoms with Crippen molar-refractivity contribution in [3.8, 4) is 0 Å². The standard InChI is InChI=1S/C17H31NO3/c1-4-20-16(19)13-18(14(2)3)15-8-11-21-17(12-15)9-6-5-7-10-17/h14-15H,4-13H2,1-3H3. The fourth-order valence-electron chi connectivity index (χ4n) is 3.92. The predicted molar refractivity (Wildman–Crippen MR) is 83.3 cm³/mol. The van der Waals surface area contributed by atoms with E-state index in [0.29, 0.717) is 25.2 Å². The van der Waals surface area contributed by atoms with E-state index in [1.807, 2.05) is 6.92 Å². The Morgan fingerprint density at radius 1 is 1.33 bits per heavy atom. The Balaban J connectivity index is 2.00. The fourth-order valence-corrected chi connectivity index (χ4v) is 3.92. The van der Waals surface area contributed by atoms with Crippen molar-refractivity contribution in [2.45, 2.75) is 83.4 Å². The summed E-state index contributed by atoms with van der Waals surface area (Å²) in [6.45, 7) is 7.90. The number of carbonyl (C=O) groups is 1. The molecule has 1 unspecified atom stereocenters. The molecule has 21 heavy (non-hydrogen) atoms. The van der Waals surface area contributed by atoms with Crippen LogP contribution in [0.1, 0.15) is 65.7 Å². The molecule has 1 heterocycles. The largest absolute Gasteiger partial charge is 0.465 e. The summed E-state index contributed by atoms with van der Waals surface area (Å²) in [7, 11) is 0. The molecule has 4 nitrogen and oxygen atoms in total. The topological polar surface area (TPSA) is 38.8 Å². The van der Waals surface area contributed by atoms with Crippen molar-refractivity contribution in [1.82, 2.24) is 4.90 Å². The monoisotopic (exact) mass is 297 g/mol. The number of hydrogen-bond donors (Lipinski definition) is 0. The van der Waals surface area contributed by atoms with Gasteiger partial charge in [0.25, 0.3) is 0 Å². The van der Waals surface area contributed by atoms with Crippen LogP contribution in [0.2, 0.25) is 0 Å². The highest BCUT2D eigenvalue weighted by molar-refractivity contribution is 5.71. The molecule has 0 N–H and O–H groups in total. The first-order valence-electron chi connectivity index (χ1n) is 8.61. The van der Waals surface area contributed by atoms with Gasteiger partial charge in [0.05, 0.1) is 18.8 Å². The van der Waals surface area contributed by atoms with E-state index in [1.165, 1.54) is 32.1 Å². The van der Waals surface area contributed by atoms with Crippen molar-refractivity contribution in [3.63, 3.8) is 0 Å². The van der Waals surface area contributed by atoms with Crippen molar-refractivity contribution in [2.24, 2.45) is 0 Å². The van der Waals surface area contributed by atoms with Gasteiger partial charge in [-0.15, -0.1) is 0 Å². The Bertz CT molecular complexity index is 331. The van der Waals surface area contributed by atoms with Crippen molar-refractivity contribution < 1.29 is 14.3 Å². The zero-order chi connectivity index (χ0) is 15.3. The van der Waals surface area contributed by atoms with Crippen LogP contribution in [0.4, 0.5) is 0 Å². The van der Waals surface area contributed by atoms with Crippen LogP contribution >= 0.6 is 0 Å². The number of nitrogens with zero attached hydrogens (tertiary/aromatic N) is 1. The van der Waals surface area contributed by atoms with E-state index in [4.69, 9.17) is 9.47 Å². The molecular formula is C17H31NO3. The van der Waals surface area contributed by atoms with Gasteiger partial charge in [-0.3, -0.25) is 9.69 Å². The Kier molecular flexibility index (Phi) is 6.06. The summed E-state index contributed by atoms with van der Waals surface area (Å²) < 4.78 is 11.3. The Hall–Kier alpha value is -0.610. The second-order valence-corrected chi connectivity index (χ2v) is 6.81. The molecular weight excluding hydrogens is 266 g/mol. The first-order valence-corrected chi connectivity index (χ1v) is 8.61. The summed E-state index contributed by atoms with van der Waals surface area (Å²) in [6.07, 6.45) is 8.39. The zero-order valence-electron chi connectivity index (χ0n) is 13.9. The van der Waals surface area contributed by atoms with Crippen LogP contribution in [-0.4, -0.2) is 48.3 Å². The second-order valence-electron chi connectivity index (χ2n) is 6.81. The summed E-state index contributed by atoms with van der Waals surface area (Å²) in [5.74, 6) is -0.101. The molecule has 2 fully saturated rings. The van der Waals surface area contributed by atoms with Crippen molar-refractivity contribution in [2.75, 3.05) is 19.8 Å². The number of ether oxygens (including phenoxy) is 2. The first-order chi connectivity index (χ1) is 10.1. The molecule has 0 bridgehead atoms. The molecule has 0 aromatic rings. The normalized spacial score (nSPS) is 25.5. The van der Waals surface area contributed by atoms with Crippen LogP contribution < -0.4 is 0 Å². The Morgan fingerprint density at radius 2 is 2.05 bits per heavy atom. The molecule has 1 saturated carbocycles. The van der Waals surface area contributed by atoms with E-state index in [9.17, 15) is 4.79 Å². The maximum Gasteiger partial charge on any atom is 0.320 e. The van der Waals surface area contributed by atoms with Crippen LogP contribution in [-0.2, 0) is 14.3 Å². The highest BCUT2D eigenvalue weighted by Gasteiger charge is 2.41. The van der Waals surface area contributed by atoms with Crippen LogP contribution in [0.5, 0.6) is 0 Å². The molecule has 122 valence electrons. The molecule has 1 atom stereocenters. The molecule has 0 aromatic carbocycles. The molecule has 1 aliphatic carbocycles. The molecule has 4 heteroatoms. The summed E-state index contributed by atoms with van der Waals surface area (Å²) in [6, 6.07) is 0.805. The van der Waals surface area contributed by atoms with Crippen molar-refractivity contribution in [3.05, 3.63) is 0 Å². The molecule has 2 rings (SSSR count). The lowest BCUT2D eigenvalue weighted by Gasteiger charge is -2.47. The van der Waals surface area contributed by atoms with Gasteiger partial charge in [-0.2, -0.15) is 0 Å². The number of carbonyl (C=O) groups excluding carboxylic acids is 1. The highest BCUT2D eigenvalue weighted by atomic mass is 16.5. The maximum atomic E-state index is 11.9. The van der Waals surface area contributed by atoms with Gasteiger partial charge < -0.3 is 9.47 Å². The molecule has 0 amide bonds. The average Bonchev–Trinajstić information content (AvgIpc) is 2.45. The highest BCUT2D eigenvalue weighted by Crippen LogP contribution is 2.40. The minimum absolute atomic E-state index is 0.0863. The summed E-state index contributed by atoms with van der Waals surface area (Å²) in [5, 5.41) is 0. The van der Waals surface area contributed by atoms with Gasteiger partial charge in [-0.25, -0.2) is 0 Å². The molecule has 0 aromatic heterocycles. The lowest BCUT2D eigenvalue weighted by molar-refractivity contribution is -0.151. The molecule has 2 aliphatic rings. The van der Waals surface area contributed by atoms with Crippen molar-refractivity contribution >= 4 is 5.97 Å². The van der Waals surface area contributed by atoms with Crippen LogP contribution in [0.15, 0.2) is 0 Å². The second kappa shape index (κ2) is 7.59. The van der Waals surface area contributed by atoms with Gasteiger partial charge in [0, 0.05) is 18.7 Å². The number of hydrogen-bond acceptors (Lipinski definition) is 4. The van der Waals surface area contributed by atoms with Gasteiger partial charge in [0.15, 0.2) is 0 Å². The van der Waals surface area contributed by atoms with E-state index in [0.717, 1.165) is 19.4 Å². The van der Waals surface area contributed by atoms with Crippen LogP contribution in [0, 0.1) is 0 Å². The Morgan fingerprint density at radius 3 is 2.67 bits per heavy atom. The number of esters is 1. The number of rotatable bonds is 5. The fraction of sp³-hybridized carbons (Fsp3) is 0.941. The van der Waals surface area contributed by atoms with Gasteiger partial charge in [-0.05, 0) is 46.5 Å². The lowest BCUT2D eigenvalue weighted by atomic mass is 9.77. The third-order valence-corrected chi connectivity index (χ3v) is 4.98. The molecule has 0 radical (unpaired) electrons. The maximum absolute atomic E-state index is 11.9. The zero-order valence-corrected chi connectivity index (χ0v) is 13.9. The first kappa shape index (κ1) is 16.8. The van der Waals surface area contributed by atoms with E-state index in [1.54, 1.807) is 0 Å². The van der Waals surface area contributed by atoms with Gasteiger partial charge >= 0.3 is 5.97 Å². The molecule has 1 saturated heterocycles.